The maximum atomic E-state index is 11.7. The van der Waals surface area contributed by atoms with Gasteiger partial charge in [0.15, 0.2) is 0 Å². The van der Waals surface area contributed by atoms with Gasteiger partial charge in [-0.25, -0.2) is 0 Å². The summed E-state index contributed by atoms with van der Waals surface area (Å²) < 4.78 is 4.97. The molecule has 1 aromatic rings. The SMILES string of the molecule is CCOC(=O)C(CCc1ccccc1)SCC(=O)O. The van der Waals surface area contributed by atoms with E-state index in [1.165, 1.54) is 0 Å². The van der Waals surface area contributed by atoms with Crippen LogP contribution in [-0.2, 0) is 20.7 Å². The minimum absolute atomic E-state index is 0.0850. The predicted octanol–water partition coefficient (Wildman–Crippen LogP) is 2.37. The number of carbonyl (C=O) groups excluding carboxylic acids is 1. The Morgan fingerprint density at radius 2 is 2.00 bits per heavy atom. The smallest absolute Gasteiger partial charge is 0.319 e. The quantitative estimate of drug-likeness (QED) is 0.742. The molecule has 0 aliphatic carbocycles. The van der Waals surface area contributed by atoms with Gasteiger partial charge in [0.05, 0.1) is 12.4 Å². The Morgan fingerprint density at radius 3 is 2.58 bits per heavy atom. The summed E-state index contributed by atoms with van der Waals surface area (Å²) in [6.07, 6.45) is 1.32. The van der Waals surface area contributed by atoms with E-state index in [0.29, 0.717) is 13.0 Å². The maximum absolute atomic E-state index is 11.7. The minimum atomic E-state index is -0.918. The molecule has 1 unspecified atom stereocenters. The molecule has 0 radical (unpaired) electrons. The maximum Gasteiger partial charge on any atom is 0.319 e. The second-order valence-electron chi connectivity index (χ2n) is 3.97. The molecule has 0 fully saturated rings. The number of hydrogen-bond acceptors (Lipinski definition) is 4. The van der Waals surface area contributed by atoms with Crippen LogP contribution in [0.4, 0.5) is 0 Å². The summed E-state index contributed by atoms with van der Waals surface area (Å²) in [6, 6.07) is 9.80. The van der Waals surface area contributed by atoms with Crippen LogP contribution < -0.4 is 0 Å². The minimum Gasteiger partial charge on any atom is -0.481 e. The van der Waals surface area contributed by atoms with E-state index in [9.17, 15) is 9.59 Å². The molecule has 19 heavy (non-hydrogen) atoms. The zero-order valence-electron chi connectivity index (χ0n) is 10.9. The van der Waals surface area contributed by atoms with Crippen LogP contribution in [-0.4, -0.2) is 34.7 Å². The summed E-state index contributed by atoms with van der Waals surface area (Å²) in [6.45, 7) is 2.06. The lowest BCUT2D eigenvalue weighted by molar-refractivity contribution is -0.142. The molecular formula is C14H18O4S. The molecule has 1 atom stereocenters. The third kappa shape index (κ3) is 6.29. The Bertz CT molecular complexity index is 405. The molecule has 5 heteroatoms. The summed E-state index contributed by atoms with van der Waals surface area (Å²) in [5, 5.41) is 8.27. The fourth-order valence-corrected chi connectivity index (χ4v) is 2.45. The molecule has 1 N–H and O–H groups in total. The first-order valence-corrected chi connectivity index (χ1v) is 7.22. The molecule has 104 valence electrons. The van der Waals surface area contributed by atoms with Gasteiger partial charge in [0.25, 0.3) is 0 Å². The highest BCUT2D eigenvalue weighted by Crippen LogP contribution is 2.19. The molecule has 0 saturated heterocycles. The molecule has 0 saturated carbocycles. The normalized spacial score (nSPS) is 11.8. The summed E-state index contributed by atoms with van der Waals surface area (Å²) in [7, 11) is 0. The van der Waals surface area contributed by atoms with Crippen molar-refractivity contribution >= 4 is 23.7 Å². The van der Waals surface area contributed by atoms with E-state index in [2.05, 4.69) is 0 Å². The summed E-state index contributed by atoms with van der Waals surface area (Å²) in [4.78, 5) is 22.3. The second-order valence-corrected chi connectivity index (χ2v) is 5.16. The molecule has 0 spiro atoms. The van der Waals surface area contributed by atoms with Crippen LogP contribution in [0.25, 0.3) is 0 Å². The average molecular weight is 282 g/mol. The molecule has 1 aromatic carbocycles. The molecule has 4 nitrogen and oxygen atoms in total. The highest BCUT2D eigenvalue weighted by atomic mass is 32.2. The average Bonchev–Trinajstić information content (AvgIpc) is 2.40. The standard InChI is InChI=1S/C14H18O4S/c1-2-18-14(17)12(19-10-13(15)16)9-8-11-6-4-3-5-7-11/h3-7,12H,2,8-10H2,1H3,(H,15,16). The monoisotopic (exact) mass is 282 g/mol. The molecule has 0 heterocycles. The van der Waals surface area contributed by atoms with Gasteiger partial charge in [-0.05, 0) is 25.3 Å². The van der Waals surface area contributed by atoms with Crippen molar-refractivity contribution in [3.63, 3.8) is 0 Å². The van der Waals surface area contributed by atoms with Crippen molar-refractivity contribution in [3.05, 3.63) is 35.9 Å². The van der Waals surface area contributed by atoms with Crippen LogP contribution in [0.5, 0.6) is 0 Å². The number of rotatable bonds is 8. The van der Waals surface area contributed by atoms with Crippen molar-refractivity contribution in [1.82, 2.24) is 0 Å². The first kappa shape index (κ1) is 15.6. The number of esters is 1. The number of carboxylic acid groups (broad SMARTS) is 1. The predicted molar refractivity (Wildman–Crippen MR) is 75.3 cm³/mol. The third-order valence-electron chi connectivity index (χ3n) is 2.50. The van der Waals surface area contributed by atoms with Crippen LogP contribution >= 0.6 is 11.8 Å². The largest absolute Gasteiger partial charge is 0.481 e. The fraction of sp³-hybridized carbons (Fsp3) is 0.429. The molecular weight excluding hydrogens is 264 g/mol. The van der Waals surface area contributed by atoms with Crippen LogP contribution in [0.2, 0.25) is 0 Å². The first-order chi connectivity index (χ1) is 9.13. The van der Waals surface area contributed by atoms with Crippen molar-refractivity contribution in [2.75, 3.05) is 12.4 Å². The van der Waals surface area contributed by atoms with Crippen molar-refractivity contribution in [2.45, 2.75) is 25.0 Å². The summed E-state index contributed by atoms with van der Waals surface area (Å²) in [5.41, 5.74) is 1.13. The third-order valence-corrected chi connectivity index (χ3v) is 3.74. The van der Waals surface area contributed by atoms with E-state index in [-0.39, 0.29) is 11.7 Å². The first-order valence-electron chi connectivity index (χ1n) is 6.17. The molecule has 0 bridgehead atoms. The van der Waals surface area contributed by atoms with Gasteiger partial charge in [-0.1, -0.05) is 30.3 Å². The Morgan fingerprint density at radius 1 is 1.32 bits per heavy atom. The number of ether oxygens (including phenoxy) is 1. The number of aliphatic carboxylic acids is 1. The zero-order valence-corrected chi connectivity index (χ0v) is 11.7. The lowest BCUT2D eigenvalue weighted by atomic mass is 10.1. The van der Waals surface area contributed by atoms with Crippen molar-refractivity contribution in [3.8, 4) is 0 Å². The summed E-state index contributed by atoms with van der Waals surface area (Å²) >= 11 is 1.12. The van der Waals surface area contributed by atoms with Crippen LogP contribution in [0.1, 0.15) is 18.9 Å². The molecule has 0 aliphatic rings. The highest BCUT2D eigenvalue weighted by Gasteiger charge is 2.21. The second kappa shape index (κ2) is 8.58. The van der Waals surface area contributed by atoms with Crippen molar-refractivity contribution in [1.29, 1.82) is 0 Å². The van der Waals surface area contributed by atoms with Crippen LogP contribution in [0.3, 0.4) is 0 Å². The zero-order chi connectivity index (χ0) is 14.1. The number of carbonyl (C=O) groups is 2. The Kier molecular flexibility index (Phi) is 7.03. The lowest BCUT2D eigenvalue weighted by Gasteiger charge is -2.14. The molecule has 1 rings (SSSR count). The molecule has 0 aliphatic heterocycles. The van der Waals surface area contributed by atoms with E-state index in [1.54, 1.807) is 6.92 Å². The fourth-order valence-electron chi connectivity index (χ4n) is 1.62. The Labute approximate surface area is 117 Å². The van der Waals surface area contributed by atoms with Gasteiger partial charge in [0.2, 0.25) is 0 Å². The van der Waals surface area contributed by atoms with Gasteiger partial charge in [0.1, 0.15) is 5.25 Å². The van der Waals surface area contributed by atoms with E-state index in [0.717, 1.165) is 23.7 Å². The van der Waals surface area contributed by atoms with Crippen LogP contribution in [0, 0.1) is 0 Å². The lowest BCUT2D eigenvalue weighted by Crippen LogP contribution is -2.22. The van der Waals surface area contributed by atoms with Crippen molar-refractivity contribution in [2.24, 2.45) is 0 Å². The van der Waals surface area contributed by atoms with E-state index in [4.69, 9.17) is 9.84 Å². The summed E-state index contributed by atoms with van der Waals surface area (Å²) in [5.74, 6) is -1.33. The van der Waals surface area contributed by atoms with Gasteiger partial charge < -0.3 is 9.84 Å². The Hall–Kier alpha value is -1.49. The molecule has 0 aromatic heterocycles. The Balaban J connectivity index is 2.52. The van der Waals surface area contributed by atoms with E-state index < -0.39 is 11.2 Å². The van der Waals surface area contributed by atoms with Gasteiger partial charge in [0, 0.05) is 0 Å². The van der Waals surface area contributed by atoms with Gasteiger partial charge in [-0.15, -0.1) is 11.8 Å². The number of thioether (sulfide) groups is 1. The van der Waals surface area contributed by atoms with E-state index in [1.807, 2.05) is 30.3 Å². The molecule has 0 amide bonds. The van der Waals surface area contributed by atoms with E-state index >= 15 is 0 Å². The van der Waals surface area contributed by atoms with Gasteiger partial charge in [-0.3, -0.25) is 9.59 Å². The number of benzene rings is 1. The van der Waals surface area contributed by atoms with Gasteiger partial charge in [-0.2, -0.15) is 0 Å². The number of aryl methyl sites for hydroxylation is 1. The highest BCUT2D eigenvalue weighted by molar-refractivity contribution is 8.01. The number of hydrogen-bond donors (Lipinski definition) is 1. The van der Waals surface area contributed by atoms with Gasteiger partial charge >= 0.3 is 11.9 Å². The topological polar surface area (TPSA) is 63.6 Å². The number of carboxylic acids is 1. The van der Waals surface area contributed by atoms with Crippen LogP contribution in [0.15, 0.2) is 30.3 Å². The van der Waals surface area contributed by atoms with Crippen molar-refractivity contribution < 1.29 is 19.4 Å².